The van der Waals surface area contributed by atoms with Crippen molar-refractivity contribution >= 4 is 11.6 Å². The van der Waals surface area contributed by atoms with Crippen LogP contribution < -0.4 is 10.6 Å². The second-order valence-electron chi connectivity index (χ2n) is 6.72. The highest BCUT2D eigenvalue weighted by Crippen LogP contribution is 2.29. The quantitative estimate of drug-likeness (QED) is 0.695. The van der Waals surface area contributed by atoms with Gasteiger partial charge in [-0.05, 0) is 35.4 Å². The molecular weight excluding hydrogens is 341 g/mol. The Morgan fingerprint density at radius 3 is 2.63 bits per heavy atom. The van der Waals surface area contributed by atoms with Gasteiger partial charge in [0.05, 0.1) is 5.92 Å². The van der Waals surface area contributed by atoms with Crippen LogP contribution in [0.1, 0.15) is 11.5 Å². The van der Waals surface area contributed by atoms with E-state index in [0.717, 1.165) is 23.4 Å². The lowest BCUT2D eigenvalue weighted by atomic mass is 9.88. The molecule has 1 saturated heterocycles. The molecule has 2 aromatic carbocycles. The van der Waals surface area contributed by atoms with Crippen LogP contribution in [0.2, 0.25) is 0 Å². The number of carbonyl (C=O) groups is 1. The molecule has 0 aliphatic carbocycles. The van der Waals surface area contributed by atoms with E-state index in [1.54, 1.807) is 6.07 Å². The van der Waals surface area contributed by atoms with Gasteiger partial charge in [-0.3, -0.25) is 4.79 Å². The van der Waals surface area contributed by atoms with Crippen molar-refractivity contribution in [1.82, 2.24) is 10.3 Å². The highest BCUT2D eigenvalue weighted by molar-refractivity contribution is 5.94. The molecule has 0 spiro atoms. The second kappa shape index (κ2) is 7.68. The normalized spacial score (nSPS) is 19.0. The van der Waals surface area contributed by atoms with E-state index < -0.39 is 5.95 Å². The van der Waals surface area contributed by atoms with Crippen molar-refractivity contribution in [3.05, 3.63) is 84.4 Å². The summed E-state index contributed by atoms with van der Waals surface area (Å²) in [5, 5.41) is 6.36. The van der Waals surface area contributed by atoms with Crippen LogP contribution in [0, 0.1) is 11.9 Å². The predicted octanol–water partition coefficient (Wildman–Crippen LogP) is 3.83. The van der Waals surface area contributed by atoms with E-state index >= 15 is 0 Å². The van der Waals surface area contributed by atoms with Gasteiger partial charge in [-0.1, -0.05) is 42.5 Å². The van der Waals surface area contributed by atoms with Crippen molar-refractivity contribution in [3.63, 3.8) is 0 Å². The molecule has 5 heteroatoms. The summed E-state index contributed by atoms with van der Waals surface area (Å²) in [6.07, 6.45) is 1.49. The van der Waals surface area contributed by atoms with E-state index in [9.17, 15) is 9.18 Å². The molecule has 4 nitrogen and oxygen atoms in total. The van der Waals surface area contributed by atoms with Crippen LogP contribution in [0.4, 0.5) is 10.1 Å². The standard InChI is InChI=1S/C22H20FN3O/c23-21-10-9-17(12-25-21)16-7-4-8-18(11-16)26-22(27)20-14-24-13-19(20)15-5-2-1-3-6-15/h1-12,19-20,24H,13-14H2,(H,26,27)/t19-,20+/m1/s1. The molecule has 1 fully saturated rings. The number of hydrogen-bond donors (Lipinski definition) is 2. The minimum absolute atomic E-state index is 0.00299. The molecule has 2 N–H and O–H groups in total. The first kappa shape index (κ1) is 17.4. The molecule has 1 aliphatic rings. The summed E-state index contributed by atoms with van der Waals surface area (Å²) in [4.78, 5) is 16.6. The molecule has 136 valence electrons. The van der Waals surface area contributed by atoms with Crippen LogP contribution >= 0.6 is 0 Å². The third-order valence-electron chi connectivity index (χ3n) is 4.97. The number of halogens is 1. The fourth-order valence-corrected chi connectivity index (χ4v) is 3.56. The molecule has 3 aromatic rings. The van der Waals surface area contributed by atoms with Gasteiger partial charge in [0.1, 0.15) is 0 Å². The van der Waals surface area contributed by atoms with Crippen molar-refractivity contribution in [3.8, 4) is 11.1 Å². The summed E-state index contributed by atoms with van der Waals surface area (Å²) in [7, 11) is 0. The Morgan fingerprint density at radius 1 is 1.00 bits per heavy atom. The minimum Gasteiger partial charge on any atom is -0.326 e. The van der Waals surface area contributed by atoms with E-state index in [2.05, 4.69) is 27.8 Å². The largest absolute Gasteiger partial charge is 0.326 e. The third-order valence-corrected chi connectivity index (χ3v) is 4.97. The lowest BCUT2D eigenvalue weighted by Gasteiger charge is -2.19. The number of benzene rings is 2. The van der Waals surface area contributed by atoms with Gasteiger partial charge in [0, 0.05) is 36.5 Å². The third kappa shape index (κ3) is 3.88. The number of pyridine rings is 1. The second-order valence-corrected chi connectivity index (χ2v) is 6.72. The number of aromatic nitrogens is 1. The fraction of sp³-hybridized carbons (Fsp3) is 0.182. The van der Waals surface area contributed by atoms with Gasteiger partial charge in [0.25, 0.3) is 0 Å². The molecule has 0 radical (unpaired) electrons. The molecule has 1 aromatic heterocycles. The zero-order chi connectivity index (χ0) is 18.6. The first-order valence-corrected chi connectivity index (χ1v) is 8.99. The number of nitrogens with one attached hydrogen (secondary N) is 2. The smallest absolute Gasteiger partial charge is 0.229 e. The molecular formula is C22H20FN3O. The van der Waals surface area contributed by atoms with E-state index in [0.29, 0.717) is 6.54 Å². The number of hydrogen-bond acceptors (Lipinski definition) is 3. The molecule has 27 heavy (non-hydrogen) atoms. The topological polar surface area (TPSA) is 54.0 Å². The lowest BCUT2D eigenvalue weighted by molar-refractivity contribution is -0.119. The Balaban J connectivity index is 1.51. The predicted molar refractivity (Wildman–Crippen MR) is 104 cm³/mol. The molecule has 2 heterocycles. The zero-order valence-corrected chi connectivity index (χ0v) is 14.7. The Labute approximate surface area is 157 Å². The molecule has 0 unspecified atom stereocenters. The van der Waals surface area contributed by atoms with Crippen molar-refractivity contribution < 1.29 is 9.18 Å². The Kier molecular flexibility index (Phi) is 4.94. The maximum Gasteiger partial charge on any atom is 0.229 e. The summed E-state index contributed by atoms with van der Waals surface area (Å²) in [6.45, 7) is 1.45. The van der Waals surface area contributed by atoms with Gasteiger partial charge >= 0.3 is 0 Å². The van der Waals surface area contributed by atoms with E-state index in [1.807, 2.05) is 42.5 Å². The van der Waals surface area contributed by atoms with Crippen LogP contribution in [-0.2, 0) is 4.79 Å². The maximum atomic E-state index is 13.0. The van der Waals surface area contributed by atoms with Crippen molar-refractivity contribution in [2.45, 2.75) is 5.92 Å². The van der Waals surface area contributed by atoms with Crippen LogP contribution in [0.5, 0.6) is 0 Å². The number of nitrogens with zero attached hydrogens (tertiary/aromatic N) is 1. The highest BCUT2D eigenvalue weighted by atomic mass is 19.1. The SMILES string of the molecule is O=C(Nc1cccc(-c2ccc(F)nc2)c1)[C@H]1CNC[C@@H]1c1ccccc1. The van der Waals surface area contributed by atoms with Crippen LogP contribution in [0.3, 0.4) is 0 Å². The van der Waals surface area contributed by atoms with Gasteiger partial charge in [-0.2, -0.15) is 4.39 Å². The molecule has 2 atom stereocenters. The summed E-state index contributed by atoms with van der Waals surface area (Å²) in [5.41, 5.74) is 3.58. The van der Waals surface area contributed by atoms with Crippen molar-refractivity contribution in [2.75, 3.05) is 18.4 Å². The fourth-order valence-electron chi connectivity index (χ4n) is 3.56. The summed E-state index contributed by atoms with van der Waals surface area (Å²) in [5.74, 6) is -0.466. The first-order valence-electron chi connectivity index (χ1n) is 8.99. The van der Waals surface area contributed by atoms with Gasteiger partial charge in [-0.15, -0.1) is 0 Å². The summed E-state index contributed by atoms with van der Waals surface area (Å²) >= 11 is 0. The lowest BCUT2D eigenvalue weighted by Crippen LogP contribution is -2.28. The summed E-state index contributed by atoms with van der Waals surface area (Å²) < 4.78 is 13.0. The van der Waals surface area contributed by atoms with Crippen molar-refractivity contribution in [2.24, 2.45) is 5.92 Å². The van der Waals surface area contributed by atoms with Gasteiger partial charge in [0.15, 0.2) is 0 Å². The van der Waals surface area contributed by atoms with E-state index in [4.69, 9.17) is 0 Å². The molecule has 1 amide bonds. The Bertz CT molecular complexity index is 928. The van der Waals surface area contributed by atoms with Gasteiger partial charge < -0.3 is 10.6 Å². The van der Waals surface area contributed by atoms with Crippen molar-refractivity contribution in [1.29, 1.82) is 0 Å². The number of carbonyl (C=O) groups excluding carboxylic acids is 1. The number of anilines is 1. The van der Waals surface area contributed by atoms with Crippen LogP contribution in [0.15, 0.2) is 72.9 Å². The number of amides is 1. The highest BCUT2D eigenvalue weighted by Gasteiger charge is 2.33. The van der Waals surface area contributed by atoms with E-state index in [-0.39, 0.29) is 17.7 Å². The molecule has 0 bridgehead atoms. The maximum absolute atomic E-state index is 13.0. The molecule has 0 saturated carbocycles. The molecule has 4 rings (SSSR count). The Hall–Kier alpha value is -3.05. The summed E-state index contributed by atoms with van der Waals surface area (Å²) in [6, 6.07) is 20.7. The Morgan fingerprint density at radius 2 is 1.85 bits per heavy atom. The average Bonchev–Trinajstić information content (AvgIpc) is 3.19. The average molecular weight is 361 g/mol. The molecule has 1 aliphatic heterocycles. The van der Waals surface area contributed by atoms with Gasteiger partial charge in [0.2, 0.25) is 11.9 Å². The van der Waals surface area contributed by atoms with E-state index in [1.165, 1.54) is 17.8 Å². The monoisotopic (exact) mass is 361 g/mol. The number of rotatable bonds is 4. The van der Waals surface area contributed by atoms with Gasteiger partial charge in [-0.25, -0.2) is 4.98 Å². The first-order chi connectivity index (χ1) is 13.2. The van der Waals surface area contributed by atoms with Crippen LogP contribution in [-0.4, -0.2) is 24.0 Å². The minimum atomic E-state index is -0.510. The zero-order valence-electron chi connectivity index (χ0n) is 14.7. The van der Waals surface area contributed by atoms with Crippen LogP contribution in [0.25, 0.3) is 11.1 Å².